The molecule has 0 aliphatic rings. The Morgan fingerprint density at radius 1 is 1.19 bits per heavy atom. The lowest BCUT2D eigenvalue weighted by molar-refractivity contribution is -0.118. The van der Waals surface area contributed by atoms with Gasteiger partial charge in [0.25, 0.3) is 0 Å². The van der Waals surface area contributed by atoms with Crippen molar-refractivity contribution in [2.24, 2.45) is 5.92 Å². The van der Waals surface area contributed by atoms with Crippen LogP contribution in [-0.4, -0.2) is 11.6 Å². The molecule has 0 fully saturated rings. The van der Waals surface area contributed by atoms with Gasteiger partial charge in [0.15, 0.2) is 0 Å². The van der Waals surface area contributed by atoms with Gasteiger partial charge in [0, 0.05) is 11.5 Å². The quantitative estimate of drug-likeness (QED) is 0.575. The monoisotopic (exact) mass is 218 g/mol. The minimum atomic E-state index is -0.343. The summed E-state index contributed by atoms with van der Waals surface area (Å²) in [7, 11) is 0. The Balaban J connectivity index is 3.10. The molecule has 0 aliphatic carbocycles. The Labute approximate surface area is 96.7 Å². The molecule has 1 aromatic rings. The normalized spacial score (nSPS) is 12.2. The number of carbonyl (C=O) groups excluding carboxylic acids is 2. The molecular weight excluding hydrogens is 200 g/mol. The smallest absolute Gasteiger partial charge is 0.229 e. The van der Waals surface area contributed by atoms with E-state index in [4.69, 9.17) is 0 Å². The Morgan fingerprint density at radius 2 is 1.69 bits per heavy atom. The fourth-order valence-electron chi connectivity index (χ4n) is 1.71. The maximum atomic E-state index is 12.0. The van der Waals surface area contributed by atoms with Crippen molar-refractivity contribution in [3.8, 4) is 0 Å². The van der Waals surface area contributed by atoms with Crippen molar-refractivity contribution in [2.45, 2.75) is 34.1 Å². The number of Topliss-reactive ketones (excluding diaryl/α,β-unsaturated/α-hetero) is 2. The Kier molecular flexibility index (Phi) is 3.99. The summed E-state index contributed by atoms with van der Waals surface area (Å²) in [6, 6.07) is 5.63. The molecule has 0 bridgehead atoms. The number of hydrogen-bond acceptors (Lipinski definition) is 2. The topological polar surface area (TPSA) is 34.1 Å². The van der Waals surface area contributed by atoms with Crippen LogP contribution in [0.2, 0.25) is 0 Å². The molecular formula is C14H18O2. The summed E-state index contributed by atoms with van der Waals surface area (Å²) in [5.41, 5.74) is 2.33. The van der Waals surface area contributed by atoms with Crippen LogP contribution in [0, 0.1) is 19.8 Å². The van der Waals surface area contributed by atoms with Crippen LogP contribution in [0.3, 0.4) is 0 Å². The summed E-state index contributed by atoms with van der Waals surface area (Å²) in [6.45, 7) is 7.45. The third-order valence-corrected chi connectivity index (χ3v) is 2.99. The Morgan fingerprint density at radius 3 is 2.12 bits per heavy atom. The van der Waals surface area contributed by atoms with E-state index in [0.29, 0.717) is 12.0 Å². The van der Waals surface area contributed by atoms with Gasteiger partial charge >= 0.3 is 0 Å². The van der Waals surface area contributed by atoms with Crippen LogP contribution in [-0.2, 0) is 4.79 Å². The molecule has 0 aliphatic heterocycles. The molecule has 16 heavy (non-hydrogen) atoms. The van der Waals surface area contributed by atoms with Gasteiger partial charge in [-0.05, 0) is 31.4 Å². The summed E-state index contributed by atoms with van der Waals surface area (Å²) in [5, 5.41) is 0. The third-order valence-electron chi connectivity index (χ3n) is 2.99. The minimum Gasteiger partial charge on any atom is -0.290 e. The van der Waals surface area contributed by atoms with Crippen LogP contribution in [0.1, 0.15) is 41.8 Å². The summed E-state index contributed by atoms with van der Waals surface area (Å²) in [6.07, 6.45) is 0.704. The first-order valence-electron chi connectivity index (χ1n) is 5.63. The summed E-state index contributed by atoms with van der Waals surface area (Å²) in [5.74, 6) is -0.809. The second-order valence-corrected chi connectivity index (χ2v) is 4.27. The molecule has 1 rings (SSSR count). The van der Waals surface area contributed by atoms with Crippen molar-refractivity contribution in [2.75, 3.05) is 0 Å². The second-order valence-electron chi connectivity index (χ2n) is 4.27. The number of ketones is 2. The van der Waals surface area contributed by atoms with Crippen molar-refractivity contribution < 1.29 is 9.59 Å². The van der Waals surface area contributed by atoms with E-state index in [-0.39, 0.29) is 17.5 Å². The standard InChI is InChI=1S/C14H18O2/c1-5-9(2)13(15)14(16)12-10(3)7-6-8-11(12)4/h6-9H,5H2,1-4H3. The van der Waals surface area contributed by atoms with Gasteiger partial charge in [0.05, 0.1) is 0 Å². The van der Waals surface area contributed by atoms with Crippen LogP contribution < -0.4 is 0 Å². The maximum Gasteiger partial charge on any atom is 0.229 e. The average Bonchev–Trinajstić information content (AvgIpc) is 2.26. The van der Waals surface area contributed by atoms with E-state index >= 15 is 0 Å². The van der Waals surface area contributed by atoms with Crippen LogP contribution in [0.4, 0.5) is 0 Å². The fourth-order valence-corrected chi connectivity index (χ4v) is 1.71. The molecule has 0 saturated heterocycles. The van der Waals surface area contributed by atoms with E-state index in [1.807, 2.05) is 39.0 Å². The van der Waals surface area contributed by atoms with E-state index in [1.165, 1.54) is 0 Å². The summed E-state index contributed by atoms with van der Waals surface area (Å²) in [4.78, 5) is 23.9. The third kappa shape index (κ3) is 2.38. The lowest BCUT2D eigenvalue weighted by Crippen LogP contribution is -2.23. The van der Waals surface area contributed by atoms with Crippen molar-refractivity contribution in [1.82, 2.24) is 0 Å². The molecule has 2 nitrogen and oxygen atoms in total. The van der Waals surface area contributed by atoms with Gasteiger partial charge in [-0.3, -0.25) is 9.59 Å². The van der Waals surface area contributed by atoms with Crippen molar-refractivity contribution in [3.05, 3.63) is 34.9 Å². The summed E-state index contributed by atoms with van der Waals surface area (Å²) >= 11 is 0. The number of rotatable bonds is 4. The van der Waals surface area contributed by atoms with E-state index in [9.17, 15) is 9.59 Å². The summed E-state index contributed by atoms with van der Waals surface area (Å²) < 4.78 is 0. The van der Waals surface area contributed by atoms with Gasteiger partial charge in [0.1, 0.15) is 0 Å². The first-order chi connectivity index (χ1) is 7.49. The number of aryl methyl sites for hydroxylation is 2. The van der Waals surface area contributed by atoms with Gasteiger partial charge in [-0.2, -0.15) is 0 Å². The largest absolute Gasteiger partial charge is 0.290 e. The maximum absolute atomic E-state index is 12.0. The predicted molar refractivity (Wildman–Crippen MR) is 64.7 cm³/mol. The Hall–Kier alpha value is -1.44. The zero-order valence-electron chi connectivity index (χ0n) is 10.3. The molecule has 0 saturated carbocycles. The average molecular weight is 218 g/mol. The molecule has 2 heteroatoms. The van der Waals surface area contributed by atoms with Crippen LogP contribution >= 0.6 is 0 Å². The highest BCUT2D eigenvalue weighted by molar-refractivity contribution is 6.44. The van der Waals surface area contributed by atoms with Gasteiger partial charge in [-0.25, -0.2) is 0 Å². The highest BCUT2D eigenvalue weighted by atomic mass is 16.2. The minimum absolute atomic E-state index is 0.188. The Bertz CT molecular complexity index is 398. The van der Waals surface area contributed by atoms with E-state index < -0.39 is 0 Å². The van der Waals surface area contributed by atoms with Gasteiger partial charge in [-0.15, -0.1) is 0 Å². The van der Waals surface area contributed by atoms with Crippen LogP contribution in [0.25, 0.3) is 0 Å². The van der Waals surface area contributed by atoms with E-state index in [1.54, 1.807) is 6.92 Å². The number of carbonyl (C=O) groups is 2. The molecule has 86 valence electrons. The van der Waals surface area contributed by atoms with E-state index in [2.05, 4.69) is 0 Å². The SMILES string of the molecule is CCC(C)C(=O)C(=O)c1c(C)cccc1C. The van der Waals surface area contributed by atoms with Crippen LogP contribution in [0.15, 0.2) is 18.2 Å². The molecule has 1 aromatic carbocycles. The molecule has 0 heterocycles. The predicted octanol–water partition coefficient (Wildman–Crippen LogP) is 3.10. The zero-order chi connectivity index (χ0) is 12.3. The lowest BCUT2D eigenvalue weighted by atomic mass is 9.91. The first-order valence-corrected chi connectivity index (χ1v) is 5.63. The van der Waals surface area contributed by atoms with Gasteiger partial charge in [0.2, 0.25) is 11.6 Å². The zero-order valence-corrected chi connectivity index (χ0v) is 10.3. The van der Waals surface area contributed by atoms with Crippen molar-refractivity contribution in [3.63, 3.8) is 0 Å². The van der Waals surface area contributed by atoms with E-state index in [0.717, 1.165) is 11.1 Å². The van der Waals surface area contributed by atoms with Gasteiger partial charge < -0.3 is 0 Å². The van der Waals surface area contributed by atoms with Crippen LogP contribution in [0.5, 0.6) is 0 Å². The fraction of sp³-hybridized carbons (Fsp3) is 0.429. The molecule has 0 spiro atoms. The first kappa shape index (κ1) is 12.6. The molecule has 0 amide bonds. The van der Waals surface area contributed by atoms with Crippen molar-refractivity contribution in [1.29, 1.82) is 0 Å². The lowest BCUT2D eigenvalue weighted by Gasteiger charge is -2.10. The highest BCUT2D eigenvalue weighted by Gasteiger charge is 2.23. The molecule has 0 radical (unpaired) electrons. The molecule has 1 atom stereocenters. The number of benzene rings is 1. The second kappa shape index (κ2) is 5.06. The molecule has 0 N–H and O–H groups in total. The van der Waals surface area contributed by atoms with Crippen molar-refractivity contribution >= 4 is 11.6 Å². The van der Waals surface area contributed by atoms with Gasteiger partial charge in [-0.1, -0.05) is 32.0 Å². The highest BCUT2D eigenvalue weighted by Crippen LogP contribution is 2.17. The number of hydrogen-bond donors (Lipinski definition) is 0. The molecule has 0 aromatic heterocycles. The molecule has 1 unspecified atom stereocenters.